The molecule has 0 bridgehead atoms. The summed E-state index contributed by atoms with van der Waals surface area (Å²) in [5.74, 6) is 2.07. The quantitative estimate of drug-likeness (QED) is 0.839. The highest BCUT2D eigenvalue weighted by Crippen LogP contribution is 2.38. The number of methoxy groups -OCH3 is 1. The van der Waals surface area contributed by atoms with Crippen LogP contribution < -0.4 is 10.1 Å². The second-order valence-electron chi connectivity index (χ2n) is 6.22. The number of benzene rings is 1. The van der Waals surface area contributed by atoms with Crippen LogP contribution in [-0.4, -0.2) is 20.7 Å². The maximum atomic E-state index is 5.59. The minimum atomic E-state index is 0.0744. The van der Waals surface area contributed by atoms with Gasteiger partial charge in [0.2, 0.25) is 0 Å². The summed E-state index contributed by atoms with van der Waals surface area (Å²) >= 11 is 0. The van der Waals surface area contributed by atoms with Crippen LogP contribution >= 0.6 is 0 Å². The summed E-state index contributed by atoms with van der Waals surface area (Å²) < 4.78 is 5.59. The Morgan fingerprint density at radius 1 is 1.21 bits per heavy atom. The van der Waals surface area contributed by atoms with Gasteiger partial charge in [-0.25, -0.2) is 0 Å². The van der Waals surface area contributed by atoms with Gasteiger partial charge in [-0.1, -0.05) is 46.8 Å². The lowest BCUT2D eigenvalue weighted by molar-refractivity contribution is 0.309. The van der Waals surface area contributed by atoms with E-state index >= 15 is 0 Å². The van der Waals surface area contributed by atoms with Gasteiger partial charge in [-0.3, -0.25) is 0 Å². The van der Waals surface area contributed by atoms with E-state index in [1.807, 2.05) is 7.05 Å². The van der Waals surface area contributed by atoms with Crippen molar-refractivity contribution in [1.82, 2.24) is 5.32 Å². The predicted octanol–water partition coefficient (Wildman–Crippen LogP) is 3.95. The first-order valence-corrected chi connectivity index (χ1v) is 7.19. The fraction of sp³-hybridized carbons (Fsp3) is 0.647. The van der Waals surface area contributed by atoms with E-state index < -0.39 is 0 Å². The zero-order valence-corrected chi connectivity index (χ0v) is 13.5. The van der Waals surface area contributed by atoms with Crippen molar-refractivity contribution in [1.29, 1.82) is 0 Å². The Balaban J connectivity index is 3.38. The van der Waals surface area contributed by atoms with E-state index in [9.17, 15) is 0 Å². The molecule has 1 unspecified atom stereocenters. The fourth-order valence-electron chi connectivity index (χ4n) is 2.51. The molecule has 0 heterocycles. The van der Waals surface area contributed by atoms with Crippen LogP contribution in [0.4, 0.5) is 0 Å². The third kappa shape index (κ3) is 3.30. The largest absolute Gasteiger partial charge is 0.496 e. The fourth-order valence-corrected chi connectivity index (χ4v) is 2.51. The summed E-state index contributed by atoms with van der Waals surface area (Å²) in [6.45, 7) is 12.3. The lowest BCUT2D eigenvalue weighted by Gasteiger charge is -2.36. The van der Waals surface area contributed by atoms with Gasteiger partial charge in [0, 0.05) is 17.5 Å². The van der Waals surface area contributed by atoms with Gasteiger partial charge in [0.15, 0.2) is 0 Å². The monoisotopic (exact) mass is 263 g/mol. The second-order valence-corrected chi connectivity index (χ2v) is 6.22. The van der Waals surface area contributed by atoms with E-state index in [4.69, 9.17) is 4.74 Å². The summed E-state index contributed by atoms with van der Waals surface area (Å²) in [7, 11) is 3.77. The number of hydrogen-bond acceptors (Lipinski definition) is 2. The Labute approximate surface area is 118 Å². The predicted molar refractivity (Wildman–Crippen MR) is 83.2 cm³/mol. The van der Waals surface area contributed by atoms with Crippen molar-refractivity contribution in [2.75, 3.05) is 20.7 Å². The number of hydrogen-bond donors (Lipinski definition) is 1. The first-order chi connectivity index (χ1) is 8.86. The molecule has 0 aliphatic heterocycles. The standard InChI is InChI=1S/C17H29NO/c1-12(2)14-8-9-16(19-7)15(10-14)17(5,11-18-6)13(3)4/h8-10,12-13,18H,11H2,1-7H3. The molecule has 1 N–H and O–H groups in total. The summed E-state index contributed by atoms with van der Waals surface area (Å²) in [6, 6.07) is 6.61. The molecule has 1 atom stereocenters. The number of nitrogens with one attached hydrogen (secondary N) is 1. The average molecular weight is 263 g/mol. The normalized spacial score (nSPS) is 14.8. The van der Waals surface area contributed by atoms with Crippen molar-refractivity contribution in [2.24, 2.45) is 5.92 Å². The zero-order valence-electron chi connectivity index (χ0n) is 13.5. The van der Waals surface area contributed by atoms with Crippen LogP contribution in [0.2, 0.25) is 0 Å². The van der Waals surface area contributed by atoms with Gasteiger partial charge in [0.05, 0.1) is 7.11 Å². The van der Waals surface area contributed by atoms with Crippen LogP contribution in [0.3, 0.4) is 0 Å². The Bertz CT molecular complexity index is 412. The minimum absolute atomic E-state index is 0.0744. The van der Waals surface area contributed by atoms with Gasteiger partial charge >= 0.3 is 0 Å². The summed E-state index contributed by atoms with van der Waals surface area (Å²) in [5.41, 5.74) is 2.76. The van der Waals surface area contributed by atoms with Crippen LogP contribution in [0.5, 0.6) is 5.75 Å². The zero-order chi connectivity index (χ0) is 14.6. The van der Waals surface area contributed by atoms with Crippen molar-refractivity contribution < 1.29 is 4.74 Å². The van der Waals surface area contributed by atoms with Crippen LogP contribution in [-0.2, 0) is 5.41 Å². The van der Waals surface area contributed by atoms with Crippen LogP contribution in [0.15, 0.2) is 18.2 Å². The van der Waals surface area contributed by atoms with E-state index in [0.29, 0.717) is 11.8 Å². The molecular weight excluding hydrogens is 234 g/mol. The first-order valence-electron chi connectivity index (χ1n) is 7.19. The number of rotatable bonds is 6. The lowest BCUT2D eigenvalue weighted by Crippen LogP contribution is -2.39. The molecule has 0 saturated carbocycles. The minimum Gasteiger partial charge on any atom is -0.496 e. The molecule has 1 aromatic rings. The molecule has 1 aromatic carbocycles. The molecule has 0 aliphatic carbocycles. The summed E-state index contributed by atoms with van der Waals surface area (Å²) in [5, 5.41) is 3.33. The third-order valence-corrected chi connectivity index (χ3v) is 4.32. The van der Waals surface area contributed by atoms with Gasteiger partial charge in [0.25, 0.3) is 0 Å². The molecule has 0 fully saturated rings. The first kappa shape index (κ1) is 16.0. The maximum Gasteiger partial charge on any atom is 0.122 e. The molecule has 0 saturated heterocycles. The highest BCUT2D eigenvalue weighted by Gasteiger charge is 2.32. The van der Waals surface area contributed by atoms with Crippen LogP contribution in [0.1, 0.15) is 51.7 Å². The molecule has 0 aromatic heterocycles. The molecule has 0 aliphatic rings. The lowest BCUT2D eigenvalue weighted by atomic mass is 9.72. The second kappa shape index (κ2) is 6.42. The van der Waals surface area contributed by atoms with Crippen molar-refractivity contribution >= 4 is 0 Å². The SMILES string of the molecule is CNCC(C)(c1cc(C(C)C)ccc1OC)C(C)C. The number of likely N-dealkylation sites (N-methyl/N-ethyl adjacent to an activating group) is 1. The van der Waals surface area contributed by atoms with Crippen LogP contribution in [0, 0.1) is 5.92 Å². The molecule has 19 heavy (non-hydrogen) atoms. The van der Waals surface area contributed by atoms with Gasteiger partial charge in [-0.2, -0.15) is 0 Å². The molecule has 0 spiro atoms. The van der Waals surface area contributed by atoms with Gasteiger partial charge in [-0.05, 0) is 30.5 Å². The van der Waals surface area contributed by atoms with E-state index in [-0.39, 0.29) is 5.41 Å². The third-order valence-electron chi connectivity index (χ3n) is 4.32. The summed E-state index contributed by atoms with van der Waals surface area (Å²) in [4.78, 5) is 0. The summed E-state index contributed by atoms with van der Waals surface area (Å²) in [6.07, 6.45) is 0. The molecule has 0 amide bonds. The Kier molecular flexibility index (Phi) is 5.42. The Morgan fingerprint density at radius 2 is 1.84 bits per heavy atom. The van der Waals surface area contributed by atoms with Crippen molar-refractivity contribution in [2.45, 2.75) is 46.0 Å². The number of ether oxygens (including phenoxy) is 1. The van der Waals surface area contributed by atoms with Gasteiger partial charge in [0.1, 0.15) is 5.75 Å². The van der Waals surface area contributed by atoms with E-state index in [2.05, 4.69) is 58.1 Å². The van der Waals surface area contributed by atoms with Crippen molar-refractivity contribution in [3.63, 3.8) is 0 Å². The van der Waals surface area contributed by atoms with E-state index in [1.165, 1.54) is 11.1 Å². The van der Waals surface area contributed by atoms with Gasteiger partial charge < -0.3 is 10.1 Å². The highest BCUT2D eigenvalue weighted by atomic mass is 16.5. The smallest absolute Gasteiger partial charge is 0.122 e. The molecule has 1 rings (SSSR count). The Morgan fingerprint density at radius 3 is 2.26 bits per heavy atom. The van der Waals surface area contributed by atoms with Gasteiger partial charge in [-0.15, -0.1) is 0 Å². The highest BCUT2D eigenvalue weighted by molar-refractivity contribution is 5.44. The van der Waals surface area contributed by atoms with Crippen molar-refractivity contribution in [3.05, 3.63) is 29.3 Å². The molecule has 2 nitrogen and oxygen atoms in total. The van der Waals surface area contributed by atoms with E-state index in [1.54, 1.807) is 7.11 Å². The maximum absolute atomic E-state index is 5.59. The average Bonchev–Trinajstić information content (AvgIpc) is 2.37. The molecule has 2 heteroatoms. The van der Waals surface area contributed by atoms with Crippen molar-refractivity contribution in [3.8, 4) is 5.75 Å². The molecule has 108 valence electrons. The van der Waals surface area contributed by atoms with E-state index in [0.717, 1.165) is 12.3 Å². The topological polar surface area (TPSA) is 21.3 Å². The molecule has 0 radical (unpaired) electrons. The van der Waals surface area contributed by atoms with Crippen LogP contribution in [0.25, 0.3) is 0 Å². The molecular formula is C17H29NO. The Hall–Kier alpha value is -1.02.